The molecule has 3 heterocycles. The zero-order valence-corrected chi connectivity index (χ0v) is 20.6. The number of morpholine rings is 1. The Labute approximate surface area is 208 Å². The monoisotopic (exact) mass is 492 g/mol. The molecule has 0 radical (unpaired) electrons. The van der Waals surface area contributed by atoms with Gasteiger partial charge in [-0.25, -0.2) is 9.37 Å². The summed E-state index contributed by atoms with van der Waals surface area (Å²) in [7, 11) is 0. The smallest absolute Gasteiger partial charge is 0.256 e. The van der Waals surface area contributed by atoms with Crippen LogP contribution in [-0.4, -0.2) is 71.0 Å². The number of ether oxygens (including phenoxy) is 1. The number of imidazole rings is 1. The fourth-order valence-corrected chi connectivity index (χ4v) is 5.24. The first-order valence-corrected chi connectivity index (χ1v) is 12.8. The maximum absolute atomic E-state index is 14.4. The lowest BCUT2D eigenvalue weighted by Gasteiger charge is -2.30. The van der Waals surface area contributed by atoms with E-state index in [2.05, 4.69) is 52.1 Å². The molecule has 0 atom stereocenters. The van der Waals surface area contributed by atoms with Gasteiger partial charge in [0, 0.05) is 62.0 Å². The second kappa shape index (κ2) is 10.7. The van der Waals surface area contributed by atoms with Crippen molar-refractivity contribution >= 4 is 22.2 Å². The average Bonchev–Trinajstić information content (AvgIpc) is 3.47. The highest BCUT2D eigenvalue weighted by atomic mass is 32.1. The van der Waals surface area contributed by atoms with Crippen LogP contribution in [0.15, 0.2) is 60.1 Å². The standard InChI is InChI=1S/C27H29FN4O2S/c1-20-6-8-21(9-7-20)25-18-32-22(19-35-27(32)29-25)10-11-31(13-12-30-14-16-34-17-15-30)26(33)23-4-2-3-5-24(23)28/h2-9,18-19H,10-17H2,1H3. The Morgan fingerprint density at radius 2 is 1.89 bits per heavy atom. The first-order chi connectivity index (χ1) is 17.1. The van der Waals surface area contributed by atoms with Crippen molar-refractivity contribution in [2.45, 2.75) is 13.3 Å². The molecule has 8 heteroatoms. The van der Waals surface area contributed by atoms with E-state index in [0.29, 0.717) is 32.7 Å². The molecule has 0 saturated carbocycles. The van der Waals surface area contributed by atoms with Crippen molar-refractivity contribution in [2.24, 2.45) is 0 Å². The number of amides is 1. The molecule has 1 saturated heterocycles. The first kappa shape index (κ1) is 23.7. The summed E-state index contributed by atoms with van der Waals surface area (Å²) in [4.78, 5) is 23.1. The Bertz CT molecular complexity index is 1290. The lowest BCUT2D eigenvalue weighted by molar-refractivity contribution is 0.0325. The topological polar surface area (TPSA) is 50.1 Å². The van der Waals surface area contributed by atoms with Crippen LogP contribution in [-0.2, 0) is 11.2 Å². The molecule has 0 aliphatic carbocycles. The van der Waals surface area contributed by atoms with Gasteiger partial charge in [-0.05, 0) is 19.1 Å². The summed E-state index contributed by atoms with van der Waals surface area (Å²) in [5.74, 6) is -0.752. The molecule has 182 valence electrons. The van der Waals surface area contributed by atoms with Crippen LogP contribution in [0, 0.1) is 12.7 Å². The molecule has 5 rings (SSSR count). The van der Waals surface area contributed by atoms with E-state index in [1.54, 1.807) is 34.4 Å². The number of benzene rings is 2. The molecule has 1 aliphatic rings. The van der Waals surface area contributed by atoms with Crippen LogP contribution in [0.4, 0.5) is 4.39 Å². The summed E-state index contributed by atoms with van der Waals surface area (Å²) in [6, 6.07) is 14.6. The van der Waals surface area contributed by atoms with E-state index in [1.807, 2.05) is 0 Å². The third-order valence-electron chi connectivity index (χ3n) is 6.45. The van der Waals surface area contributed by atoms with Crippen molar-refractivity contribution < 1.29 is 13.9 Å². The zero-order valence-electron chi connectivity index (χ0n) is 19.8. The second-order valence-corrected chi connectivity index (χ2v) is 9.68. The highest BCUT2D eigenvalue weighted by Crippen LogP contribution is 2.24. The van der Waals surface area contributed by atoms with Crippen molar-refractivity contribution in [3.63, 3.8) is 0 Å². The van der Waals surface area contributed by atoms with Crippen LogP contribution in [0.3, 0.4) is 0 Å². The molecule has 35 heavy (non-hydrogen) atoms. The van der Waals surface area contributed by atoms with Crippen molar-refractivity contribution in [1.82, 2.24) is 19.2 Å². The molecule has 2 aromatic heterocycles. The molecule has 1 amide bonds. The third-order valence-corrected chi connectivity index (χ3v) is 7.34. The molecular weight excluding hydrogens is 463 g/mol. The Morgan fingerprint density at radius 1 is 1.11 bits per heavy atom. The molecule has 2 aromatic carbocycles. The molecule has 1 fully saturated rings. The molecule has 0 bridgehead atoms. The number of hydrogen-bond donors (Lipinski definition) is 0. The van der Waals surface area contributed by atoms with Gasteiger partial charge in [0.1, 0.15) is 5.82 Å². The van der Waals surface area contributed by atoms with Gasteiger partial charge in [-0.2, -0.15) is 0 Å². The van der Waals surface area contributed by atoms with E-state index in [9.17, 15) is 9.18 Å². The lowest BCUT2D eigenvalue weighted by Crippen LogP contribution is -2.43. The minimum absolute atomic E-state index is 0.120. The van der Waals surface area contributed by atoms with Crippen LogP contribution in [0.5, 0.6) is 0 Å². The van der Waals surface area contributed by atoms with Crippen molar-refractivity contribution in [1.29, 1.82) is 0 Å². The molecule has 4 aromatic rings. The summed E-state index contributed by atoms with van der Waals surface area (Å²) < 4.78 is 22.0. The van der Waals surface area contributed by atoms with Gasteiger partial charge in [0.2, 0.25) is 0 Å². The van der Waals surface area contributed by atoms with E-state index in [1.165, 1.54) is 11.6 Å². The third kappa shape index (κ3) is 5.45. The van der Waals surface area contributed by atoms with Gasteiger partial charge < -0.3 is 9.64 Å². The summed E-state index contributed by atoms with van der Waals surface area (Å²) in [6.45, 7) is 6.97. The SMILES string of the molecule is Cc1ccc(-c2cn3c(CCN(CCN4CCOCC4)C(=O)c4ccccc4F)csc3n2)cc1. The van der Waals surface area contributed by atoms with Crippen LogP contribution in [0.1, 0.15) is 21.6 Å². The summed E-state index contributed by atoms with van der Waals surface area (Å²) in [5.41, 5.74) is 4.44. The molecule has 1 aliphatic heterocycles. The van der Waals surface area contributed by atoms with Crippen LogP contribution >= 0.6 is 11.3 Å². The maximum Gasteiger partial charge on any atom is 0.256 e. The minimum atomic E-state index is -0.482. The van der Waals surface area contributed by atoms with E-state index in [0.717, 1.165) is 41.5 Å². The largest absolute Gasteiger partial charge is 0.379 e. The Balaban J connectivity index is 1.33. The van der Waals surface area contributed by atoms with Crippen LogP contribution in [0.25, 0.3) is 16.2 Å². The van der Waals surface area contributed by atoms with Gasteiger partial charge >= 0.3 is 0 Å². The predicted octanol–water partition coefficient (Wildman–Crippen LogP) is 4.53. The normalized spacial score (nSPS) is 14.5. The molecule has 0 N–H and O–H groups in total. The minimum Gasteiger partial charge on any atom is -0.379 e. The van der Waals surface area contributed by atoms with Gasteiger partial charge in [0.25, 0.3) is 5.91 Å². The van der Waals surface area contributed by atoms with Gasteiger partial charge in [0.05, 0.1) is 24.5 Å². The molecule has 0 spiro atoms. The van der Waals surface area contributed by atoms with Crippen molar-refractivity contribution in [3.05, 3.63) is 82.7 Å². The number of fused-ring (bicyclic) bond motifs is 1. The maximum atomic E-state index is 14.4. The van der Waals surface area contributed by atoms with Gasteiger partial charge in [-0.15, -0.1) is 11.3 Å². The summed E-state index contributed by atoms with van der Waals surface area (Å²) in [6.07, 6.45) is 2.72. The Morgan fingerprint density at radius 3 is 2.66 bits per heavy atom. The predicted molar refractivity (Wildman–Crippen MR) is 137 cm³/mol. The zero-order chi connectivity index (χ0) is 24.2. The lowest BCUT2D eigenvalue weighted by atomic mass is 10.1. The number of hydrogen-bond acceptors (Lipinski definition) is 5. The molecule has 0 unspecified atom stereocenters. The van der Waals surface area contributed by atoms with Crippen LogP contribution < -0.4 is 0 Å². The number of aryl methyl sites for hydroxylation is 1. The van der Waals surface area contributed by atoms with E-state index in [4.69, 9.17) is 9.72 Å². The Hall–Kier alpha value is -3.07. The molecule has 6 nitrogen and oxygen atoms in total. The Kier molecular flexibility index (Phi) is 7.22. The quantitative estimate of drug-likeness (QED) is 0.363. The second-order valence-electron chi connectivity index (χ2n) is 8.85. The van der Waals surface area contributed by atoms with Crippen LogP contribution in [0.2, 0.25) is 0 Å². The highest BCUT2D eigenvalue weighted by molar-refractivity contribution is 7.15. The highest BCUT2D eigenvalue weighted by Gasteiger charge is 2.21. The fraction of sp³-hybridized carbons (Fsp3) is 0.333. The number of halogens is 1. The average molecular weight is 493 g/mol. The van der Waals surface area contributed by atoms with Crippen molar-refractivity contribution in [3.8, 4) is 11.3 Å². The summed E-state index contributed by atoms with van der Waals surface area (Å²) >= 11 is 1.59. The van der Waals surface area contributed by atoms with Crippen molar-refractivity contribution in [2.75, 3.05) is 45.9 Å². The first-order valence-electron chi connectivity index (χ1n) is 11.9. The van der Waals surface area contributed by atoms with E-state index in [-0.39, 0.29) is 11.5 Å². The van der Waals surface area contributed by atoms with Gasteiger partial charge in [-0.1, -0.05) is 42.0 Å². The van der Waals surface area contributed by atoms with E-state index < -0.39 is 5.82 Å². The number of carbonyl (C=O) groups is 1. The fourth-order valence-electron chi connectivity index (χ4n) is 4.33. The van der Waals surface area contributed by atoms with Gasteiger partial charge in [0.15, 0.2) is 4.96 Å². The number of aromatic nitrogens is 2. The summed E-state index contributed by atoms with van der Waals surface area (Å²) in [5, 5.41) is 2.09. The number of thiazole rings is 1. The number of carbonyl (C=O) groups excluding carboxylic acids is 1. The number of rotatable bonds is 8. The van der Waals surface area contributed by atoms with Gasteiger partial charge in [-0.3, -0.25) is 14.1 Å². The van der Waals surface area contributed by atoms with E-state index >= 15 is 0 Å². The number of nitrogens with zero attached hydrogens (tertiary/aromatic N) is 4. The molecular formula is C27H29FN4O2S.